The highest BCUT2D eigenvalue weighted by Crippen LogP contribution is 2.27. The van der Waals surface area contributed by atoms with E-state index in [-0.39, 0.29) is 6.61 Å². The van der Waals surface area contributed by atoms with E-state index < -0.39 is 0 Å². The topological polar surface area (TPSA) is 41.3 Å². The molecule has 0 fully saturated rings. The molecule has 5 heteroatoms. The number of halogens is 1. The molecule has 0 unspecified atom stereocenters. The average molecular weight is 290 g/mol. The summed E-state index contributed by atoms with van der Waals surface area (Å²) in [5, 5.41) is 13.2. The lowest BCUT2D eigenvalue weighted by Gasteiger charge is -2.16. The highest BCUT2D eigenvalue weighted by atomic mass is 79.9. The number of unbranched alkanes of at least 4 members (excludes halogenated alkanes) is 2. The summed E-state index contributed by atoms with van der Waals surface area (Å²) in [7, 11) is 3.99. The molecule has 0 aliphatic heterocycles. The van der Waals surface area contributed by atoms with Crippen LogP contribution in [0.3, 0.4) is 0 Å². The second-order valence-electron chi connectivity index (χ2n) is 4.05. The van der Waals surface area contributed by atoms with Gasteiger partial charge < -0.3 is 10.0 Å². The number of aliphatic hydroxyl groups excluding tert-OH is 1. The van der Waals surface area contributed by atoms with E-state index in [9.17, 15) is 0 Å². The van der Waals surface area contributed by atoms with Crippen LogP contribution in [0.2, 0.25) is 0 Å². The molecule has 16 heavy (non-hydrogen) atoms. The summed E-state index contributed by atoms with van der Waals surface area (Å²) < 4.78 is 2.95. The molecule has 1 heterocycles. The molecule has 0 amide bonds. The van der Waals surface area contributed by atoms with Crippen molar-refractivity contribution < 1.29 is 5.11 Å². The lowest BCUT2D eigenvalue weighted by atomic mass is 10.2. The molecular formula is C11H20BrN3O. The fourth-order valence-corrected chi connectivity index (χ4v) is 2.19. The van der Waals surface area contributed by atoms with Crippen molar-refractivity contribution in [3.63, 3.8) is 0 Å². The van der Waals surface area contributed by atoms with Crippen LogP contribution in [-0.2, 0) is 7.05 Å². The largest absolute Gasteiger partial charge is 0.396 e. The average Bonchev–Trinajstić information content (AvgIpc) is 2.52. The highest BCUT2D eigenvalue weighted by molar-refractivity contribution is 9.10. The van der Waals surface area contributed by atoms with Gasteiger partial charge in [-0.3, -0.25) is 4.68 Å². The summed E-state index contributed by atoms with van der Waals surface area (Å²) in [6.45, 7) is 3.30. The number of rotatable bonds is 6. The first-order valence-corrected chi connectivity index (χ1v) is 6.38. The third-order valence-electron chi connectivity index (χ3n) is 2.76. The molecule has 1 rings (SSSR count). The zero-order chi connectivity index (χ0) is 12.1. The summed E-state index contributed by atoms with van der Waals surface area (Å²) in [6.07, 6.45) is 3.03. The lowest BCUT2D eigenvalue weighted by molar-refractivity contribution is 0.283. The molecular weight excluding hydrogens is 270 g/mol. The van der Waals surface area contributed by atoms with Gasteiger partial charge in [-0.05, 0) is 42.1 Å². The summed E-state index contributed by atoms with van der Waals surface area (Å²) in [6, 6.07) is 0. The number of hydrogen-bond acceptors (Lipinski definition) is 3. The molecule has 0 spiro atoms. The first-order chi connectivity index (χ1) is 7.57. The predicted octanol–water partition coefficient (Wildman–Crippen LogP) is 2.09. The van der Waals surface area contributed by atoms with Gasteiger partial charge in [0.25, 0.3) is 0 Å². The van der Waals surface area contributed by atoms with Gasteiger partial charge in [0, 0.05) is 27.2 Å². The fraction of sp³-hybridized carbons (Fsp3) is 0.727. The molecule has 0 saturated carbocycles. The Labute approximate surface area is 105 Å². The molecule has 0 aliphatic carbocycles. The first kappa shape index (κ1) is 13.5. The quantitative estimate of drug-likeness (QED) is 0.816. The molecule has 1 aromatic rings. The Kier molecular flexibility index (Phi) is 5.28. The molecule has 0 aliphatic rings. The van der Waals surface area contributed by atoms with E-state index in [1.54, 1.807) is 0 Å². The van der Waals surface area contributed by atoms with Crippen LogP contribution in [0.4, 0.5) is 5.82 Å². The van der Waals surface area contributed by atoms with E-state index in [1.165, 1.54) is 0 Å². The van der Waals surface area contributed by atoms with Gasteiger partial charge >= 0.3 is 0 Å². The van der Waals surface area contributed by atoms with Crippen molar-refractivity contribution in [1.82, 2.24) is 9.78 Å². The minimum absolute atomic E-state index is 0.288. The number of aryl methyl sites for hydroxylation is 1. The second-order valence-corrected chi connectivity index (χ2v) is 4.85. The van der Waals surface area contributed by atoms with E-state index in [0.717, 1.165) is 41.8 Å². The maximum Gasteiger partial charge on any atom is 0.165 e. The third kappa shape index (κ3) is 3.22. The first-order valence-electron chi connectivity index (χ1n) is 5.59. The number of anilines is 1. The molecule has 0 radical (unpaired) electrons. The summed E-state index contributed by atoms with van der Waals surface area (Å²) >= 11 is 3.56. The van der Waals surface area contributed by atoms with Crippen LogP contribution in [0.15, 0.2) is 4.47 Å². The highest BCUT2D eigenvalue weighted by Gasteiger charge is 2.13. The monoisotopic (exact) mass is 289 g/mol. The maximum absolute atomic E-state index is 8.70. The van der Waals surface area contributed by atoms with Gasteiger partial charge in [0.15, 0.2) is 5.82 Å². The number of nitrogens with zero attached hydrogens (tertiary/aromatic N) is 3. The second kappa shape index (κ2) is 6.25. The Morgan fingerprint density at radius 3 is 2.56 bits per heavy atom. The molecule has 0 atom stereocenters. The molecule has 0 saturated heterocycles. The molecule has 4 nitrogen and oxygen atoms in total. The van der Waals surface area contributed by atoms with Gasteiger partial charge in [-0.15, -0.1) is 0 Å². The molecule has 0 aromatic carbocycles. The van der Waals surface area contributed by atoms with Crippen molar-refractivity contribution in [2.45, 2.75) is 26.2 Å². The van der Waals surface area contributed by atoms with Crippen molar-refractivity contribution in [3.8, 4) is 0 Å². The third-order valence-corrected chi connectivity index (χ3v) is 3.69. The zero-order valence-corrected chi connectivity index (χ0v) is 11.8. The summed E-state index contributed by atoms with van der Waals surface area (Å²) in [5.41, 5.74) is 1.14. The Balaban J connectivity index is 2.52. The number of aliphatic hydroxyl groups is 1. The van der Waals surface area contributed by atoms with Gasteiger partial charge in [-0.2, -0.15) is 5.10 Å². The van der Waals surface area contributed by atoms with Crippen LogP contribution in [0.1, 0.15) is 25.0 Å². The van der Waals surface area contributed by atoms with Crippen LogP contribution in [0.25, 0.3) is 0 Å². The van der Waals surface area contributed by atoms with Crippen LogP contribution in [0.5, 0.6) is 0 Å². The number of hydrogen-bond donors (Lipinski definition) is 1. The van der Waals surface area contributed by atoms with E-state index in [4.69, 9.17) is 5.11 Å². The van der Waals surface area contributed by atoms with Crippen molar-refractivity contribution in [3.05, 3.63) is 10.2 Å². The lowest BCUT2D eigenvalue weighted by Crippen LogP contribution is -2.19. The SMILES string of the molecule is Cc1c(Br)c(N(C)CCCCCO)nn1C. The summed E-state index contributed by atoms with van der Waals surface area (Å²) in [5.74, 6) is 0.990. The smallest absolute Gasteiger partial charge is 0.165 e. The Morgan fingerprint density at radius 2 is 2.06 bits per heavy atom. The minimum Gasteiger partial charge on any atom is -0.396 e. The zero-order valence-electron chi connectivity index (χ0n) is 10.2. The molecule has 0 bridgehead atoms. The number of aromatic nitrogens is 2. The van der Waals surface area contributed by atoms with E-state index in [2.05, 4.69) is 25.9 Å². The van der Waals surface area contributed by atoms with Crippen LogP contribution >= 0.6 is 15.9 Å². The molecule has 92 valence electrons. The molecule has 1 N–H and O–H groups in total. The standard InChI is InChI=1S/C11H20BrN3O/c1-9-10(12)11(13-15(9)3)14(2)7-5-4-6-8-16/h16H,4-8H2,1-3H3. The minimum atomic E-state index is 0.288. The van der Waals surface area contributed by atoms with Gasteiger partial charge in [0.05, 0.1) is 10.2 Å². The van der Waals surface area contributed by atoms with Gasteiger partial charge in [0.2, 0.25) is 0 Å². The maximum atomic E-state index is 8.70. The van der Waals surface area contributed by atoms with E-state index >= 15 is 0 Å². The van der Waals surface area contributed by atoms with Crippen LogP contribution in [0, 0.1) is 6.92 Å². The molecule has 1 aromatic heterocycles. The summed E-state index contributed by atoms with van der Waals surface area (Å²) in [4.78, 5) is 2.15. The Bertz CT molecular complexity index is 338. The Hall–Kier alpha value is -0.550. The van der Waals surface area contributed by atoms with Gasteiger partial charge in [-0.25, -0.2) is 0 Å². The predicted molar refractivity (Wildman–Crippen MR) is 69.9 cm³/mol. The van der Waals surface area contributed by atoms with Crippen molar-refractivity contribution >= 4 is 21.7 Å². The van der Waals surface area contributed by atoms with E-state index in [1.807, 2.05) is 25.7 Å². The van der Waals surface area contributed by atoms with Crippen molar-refractivity contribution in [2.24, 2.45) is 7.05 Å². The van der Waals surface area contributed by atoms with Crippen LogP contribution in [-0.4, -0.2) is 35.1 Å². The van der Waals surface area contributed by atoms with Gasteiger partial charge in [-0.1, -0.05) is 0 Å². The van der Waals surface area contributed by atoms with Gasteiger partial charge in [0.1, 0.15) is 0 Å². The Morgan fingerprint density at radius 1 is 1.38 bits per heavy atom. The fourth-order valence-electron chi connectivity index (χ4n) is 1.55. The van der Waals surface area contributed by atoms with Crippen molar-refractivity contribution in [1.29, 1.82) is 0 Å². The van der Waals surface area contributed by atoms with Crippen LogP contribution < -0.4 is 4.90 Å². The van der Waals surface area contributed by atoms with E-state index in [0.29, 0.717) is 0 Å². The normalized spacial score (nSPS) is 10.8. The van der Waals surface area contributed by atoms with Crippen molar-refractivity contribution in [2.75, 3.05) is 25.1 Å².